The van der Waals surface area contributed by atoms with Gasteiger partial charge in [0.2, 0.25) is 0 Å². The van der Waals surface area contributed by atoms with Gasteiger partial charge < -0.3 is 15.4 Å². The van der Waals surface area contributed by atoms with E-state index >= 15 is 0 Å². The van der Waals surface area contributed by atoms with E-state index in [0.29, 0.717) is 12.0 Å². The molecule has 4 nitrogen and oxygen atoms in total. The lowest BCUT2D eigenvalue weighted by atomic mass is 10.1. The van der Waals surface area contributed by atoms with E-state index in [4.69, 9.17) is 10.5 Å². The fourth-order valence-corrected chi connectivity index (χ4v) is 1.75. The van der Waals surface area contributed by atoms with Crippen molar-refractivity contribution in [3.8, 4) is 0 Å². The van der Waals surface area contributed by atoms with Crippen molar-refractivity contribution in [2.45, 2.75) is 32.2 Å². The van der Waals surface area contributed by atoms with Crippen molar-refractivity contribution in [1.82, 2.24) is 4.90 Å². The third-order valence-corrected chi connectivity index (χ3v) is 2.63. The Morgan fingerprint density at radius 1 is 1.64 bits per heavy atom. The van der Waals surface area contributed by atoms with E-state index in [0.717, 1.165) is 19.7 Å². The number of nitrogens with zero attached hydrogens (tertiary/aromatic N) is 2. The van der Waals surface area contributed by atoms with Crippen LogP contribution in [0.15, 0.2) is 4.99 Å². The Hall–Kier alpha value is -0.770. The van der Waals surface area contributed by atoms with Gasteiger partial charge in [0.05, 0.1) is 19.2 Å². The predicted molar refractivity (Wildman–Crippen MR) is 58.4 cm³/mol. The molecule has 0 bridgehead atoms. The lowest BCUT2D eigenvalue weighted by molar-refractivity contribution is 0.164. The Kier molecular flexibility index (Phi) is 4.73. The number of aliphatic imine (C=N–C) groups is 1. The molecule has 0 saturated carbocycles. The number of unbranched alkanes of at least 4 members (excludes halogenated alkanes) is 1. The lowest BCUT2D eigenvalue weighted by Gasteiger charge is -2.25. The number of nitrogens with two attached hydrogens (primary N) is 1. The number of ether oxygens (including phenoxy) is 1. The Morgan fingerprint density at radius 2 is 2.43 bits per heavy atom. The highest BCUT2D eigenvalue weighted by Gasteiger charge is 2.24. The van der Waals surface area contributed by atoms with Crippen LogP contribution >= 0.6 is 0 Å². The van der Waals surface area contributed by atoms with Crippen molar-refractivity contribution in [1.29, 1.82) is 0 Å². The van der Waals surface area contributed by atoms with Crippen LogP contribution in [0, 0.1) is 0 Å². The molecule has 1 aliphatic heterocycles. The van der Waals surface area contributed by atoms with Gasteiger partial charge in [-0.3, -0.25) is 4.99 Å². The third kappa shape index (κ3) is 2.87. The van der Waals surface area contributed by atoms with Crippen LogP contribution in [0.3, 0.4) is 0 Å². The SMILES string of the molecule is CCCCC1CN=C(N)N1CCOC. The zero-order valence-corrected chi connectivity index (χ0v) is 9.20. The molecule has 4 heteroatoms. The Morgan fingerprint density at radius 3 is 3.07 bits per heavy atom. The molecule has 1 heterocycles. The minimum Gasteiger partial charge on any atom is -0.383 e. The van der Waals surface area contributed by atoms with E-state index in [1.807, 2.05) is 0 Å². The standard InChI is InChI=1S/C10H21N3O/c1-3-4-5-9-8-12-10(11)13(9)6-7-14-2/h9H,3-8H2,1-2H3,(H2,11,12). The number of methoxy groups -OCH3 is 1. The summed E-state index contributed by atoms with van der Waals surface area (Å²) in [5.74, 6) is 0.683. The molecule has 0 aromatic rings. The summed E-state index contributed by atoms with van der Waals surface area (Å²) < 4.78 is 5.05. The van der Waals surface area contributed by atoms with Gasteiger partial charge in [0, 0.05) is 13.7 Å². The molecule has 1 atom stereocenters. The van der Waals surface area contributed by atoms with Crippen molar-refractivity contribution < 1.29 is 4.74 Å². The lowest BCUT2D eigenvalue weighted by Crippen LogP contribution is -2.42. The van der Waals surface area contributed by atoms with Crippen molar-refractivity contribution in [3.05, 3.63) is 0 Å². The van der Waals surface area contributed by atoms with Gasteiger partial charge in [-0.25, -0.2) is 0 Å². The number of guanidine groups is 1. The normalized spacial score (nSPS) is 21.4. The Labute approximate surface area is 86.1 Å². The summed E-state index contributed by atoms with van der Waals surface area (Å²) in [4.78, 5) is 6.44. The molecule has 0 radical (unpaired) electrons. The molecule has 1 aliphatic rings. The van der Waals surface area contributed by atoms with Crippen LogP contribution in [0.2, 0.25) is 0 Å². The van der Waals surface area contributed by atoms with Gasteiger partial charge in [-0.15, -0.1) is 0 Å². The molecule has 0 spiro atoms. The summed E-state index contributed by atoms with van der Waals surface area (Å²) in [6, 6.07) is 0.505. The van der Waals surface area contributed by atoms with Crippen LogP contribution in [-0.4, -0.2) is 43.7 Å². The van der Waals surface area contributed by atoms with E-state index in [2.05, 4.69) is 16.8 Å². The number of hydrogen-bond acceptors (Lipinski definition) is 4. The summed E-state index contributed by atoms with van der Waals surface area (Å²) >= 11 is 0. The average molecular weight is 199 g/mol. The predicted octanol–water partition coefficient (Wildman–Crippen LogP) is 0.822. The second kappa shape index (κ2) is 5.86. The monoisotopic (exact) mass is 199 g/mol. The van der Waals surface area contributed by atoms with Gasteiger partial charge in [-0.2, -0.15) is 0 Å². The summed E-state index contributed by atoms with van der Waals surface area (Å²) in [5.41, 5.74) is 5.80. The molecule has 0 amide bonds. The molecular formula is C10H21N3O. The fraction of sp³-hybridized carbons (Fsp3) is 0.900. The van der Waals surface area contributed by atoms with Crippen LogP contribution in [0.4, 0.5) is 0 Å². The highest BCUT2D eigenvalue weighted by Crippen LogP contribution is 2.14. The van der Waals surface area contributed by atoms with Crippen LogP contribution in [0.25, 0.3) is 0 Å². The van der Waals surface area contributed by atoms with Crippen LogP contribution in [0.1, 0.15) is 26.2 Å². The molecule has 14 heavy (non-hydrogen) atoms. The molecule has 82 valence electrons. The topological polar surface area (TPSA) is 50.8 Å². The average Bonchev–Trinajstić information content (AvgIpc) is 2.53. The van der Waals surface area contributed by atoms with E-state index < -0.39 is 0 Å². The van der Waals surface area contributed by atoms with Gasteiger partial charge in [-0.1, -0.05) is 19.8 Å². The Balaban J connectivity index is 2.36. The fourth-order valence-electron chi connectivity index (χ4n) is 1.75. The highest BCUT2D eigenvalue weighted by atomic mass is 16.5. The first-order valence-electron chi connectivity index (χ1n) is 5.35. The van der Waals surface area contributed by atoms with Crippen molar-refractivity contribution in [2.24, 2.45) is 10.7 Å². The zero-order chi connectivity index (χ0) is 10.4. The van der Waals surface area contributed by atoms with E-state index in [9.17, 15) is 0 Å². The molecule has 0 fully saturated rings. The van der Waals surface area contributed by atoms with Gasteiger partial charge in [0.15, 0.2) is 5.96 Å². The minimum absolute atomic E-state index is 0.505. The van der Waals surface area contributed by atoms with Gasteiger partial charge in [0.25, 0.3) is 0 Å². The second-order valence-corrected chi connectivity index (χ2v) is 3.68. The van der Waals surface area contributed by atoms with E-state index in [-0.39, 0.29) is 0 Å². The molecule has 0 saturated heterocycles. The van der Waals surface area contributed by atoms with Gasteiger partial charge in [-0.05, 0) is 6.42 Å². The van der Waals surface area contributed by atoms with Crippen LogP contribution in [-0.2, 0) is 4.74 Å². The molecule has 1 unspecified atom stereocenters. The quantitative estimate of drug-likeness (QED) is 0.689. The summed E-state index contributed by atoms with van der Waals surface area (Å²) in [6.07, 6.45) is 3.66. The van der Waals surface area contributed by atoms with Crippen molar-refractivity contribution in [2.75, 3.05) is 26.8 Å². The number of hydrogen-bond donors (Lipinski definition) is 1. The maximum absolute atomic E-state index is 5.80. The van der Waals surface area contributed by atoms with Crippen LogP contribution in [0.5, 0.6) is 0 Å². The largest absolute Gasteiger partial charge is 0.383 e. The summed E-state index contributed by atoms with van der Waals surface area (Å²) in [7, 11) is 1.71. The molecular weight excluding hydrogens is 178 g/mol. The molecule has 2 N–H and O–H groups in total. The first kappa shape index (κ1) is 11.3. The van der Waals surface area contributed by atoms with E-state index in [1.54, 1.807) is 7.11 Å². The first-order valence-corrected chi connectivity index (χ1v) is 5.35. The third-order valence-electron chi connectivity index (χ3n) is 2.63. The maximum atomic E-state index is 5.80. The van der Waals surface area contributed by atoms with Crippen molar-refractivity contribution in [3.63, 3.8) is 0 Å². The summed E-state index contributed by atoms with van der Waals surface area (Å²) in [6.45, 7) is 4.65. The smallest absolute Gasteiger partial charge is 0.191 e. The minimum atomic E-state index is 0.505. The molecule has 0 aromatic heterocycles. The van der Waals surface area contributed by atoms with Crippen molar-refractivity contribution >= 4 is 5.96 Å². The van der Waals surface area contributed by atoms with E-state index in [1.165, 1.54) is 19.3 Å². The highest BCUT2D eigenvalue weighted by molar-refractivity contribution is 5.80. The second-order valence-electron chi connectivity index (χ2n) is 3.68. The Bertz CT molecular complexity index is 194. The first-order chi connectivity index (χ1) is 6.79. The van der Waals surface area contributed by atoms with Gasteiger partial charge in [0.1, 0.15) is 0 Å². The molecule has 1 rings (SSSR count). The zero-order valence-electron chi connectivity index (χ0n) is 9.20. The molecule has 0 aromatic carbocycles. The summed E-state index contributed by atoms with van der Waals surface area (Å²) in [5, 5.41) is 0. The van der Waals surface area contributed by atoms with Crippen LogP contribution < -0.4 is 5.73 Å². The maximum Gasteiger partial charge on any atom is 0.191 e. The number of rotatable bonds is 6. The van der Waals surface area contributed by atoms with Gasteiger partial charge >= 0.3 is 0 Å². The molecule has 0 aliphatic carbocycles.